The van der Waals surface area contributed by atoms with Crippen molar-refractivity contribution < 1.29 is 9.59 Å². The molecule has 2 saturated heterocycles. The van der Waals surface area contributed by atoms with Crippen LogP contribution in [0, 0.1) is 6.92 Å². The Bertz CT molecular complexity index is 902. The predicted molar refractivity (Wildman–Crippen MR) is 114 cm³/mol. The number of amides is 2. The largest absolute Gasteiger partial charge is 0.353 e. The molecule has 152 valence electrons. The second kappa shape index (κ2) is 8.61. The molecule has 7 heteroatoms. The zero-order valence-electron chi connectivity index (χ0n) is 16.8. The Morgan fingerprint density at radius 1 is 1.03 bits per heavy atom. The molecule has 4 rings (SSSR count). The van der Waals surface area contributed by atoms with Gasteiger partial charge in [0, 0.05) is 44.8 Å². The molecule has 2 amide bonds. The number of hydrogen-bond donors (Lipinski definition) is 2. The molecule has 0 unspecified atom stereocenters. The molecule has 0 aliphatic carbocycles. The first-order valence-electron chi connectivity index (χ1n) is 10.3. The number of benzene rings is 1. The average molecular weight is 393 g/mol. The highest BCUT2D eigenvalue weighted by atomic mass is 16.2. The van der Waals surface area contributed by atoms with E-state index in [1.54, 1.807) is 18.3 Å². The summed E-state index contributed by atoms with van der Waals surface area (Å²) in [6.07, 6.45) is 3.71. The fourth-order valence-electron chi connectivity index (χ4n) is 3.93. The van der Waals surface area contributed by atoms with Crippen molar-refractivity contribution in [2.45, 2.75) is 19.8 Å². The van der Waals surface area contributed by atoms with Crippen LogP contribution in [-0.2, 0) is 0 Å². The Labute approximate surface area is 171 Å². The number of piperazine rings is 1. The maximum absolute atomic E-state index is 13.2. The summed E-state index contributed by atoms with van der Waals surface area (Å²) in [6.45, 7) is 6.81. The molecule has 3 heterocycles. The maximum Gasteiger partial charge on any atom is 0.257 e. The molecule has 0 spiro atoms. The Balaban J connectivity index is 1.63. The van der Waals surface area contributed by atoms with Crippen LogP contribution < -0.4 is 15.5 Å². The van der Waals surface area contributed by atoms with Gasteiger partial charge in [0.15, 0.2) is 0 Å². The van der Waals surface area contributed by atoms with Crippen LogP contribution in [0.2, 0.25) is 0 Å². The van der Waals surface area contributed by atoms with Gasteiger partial charge >= 0.3 is 0 Å². The molecule has 1 aromatic heterocycles. The molecule has 1 aromatic carbocycles. The van der Waals surface area contributed by atoms with E-state index in [1.165, 1.54) is 0 Å². The quantitative estimate of drug-likeness (QED) is 0.833. The van der Waals surface area contributed by atoms with Crippen LogP contribution in [0.25, 0.3) is 0 Å². The average Bonchev–Trinajstić information content (AvgIpc) is 3.29. The highest BCUT2D eigenvalue weighted by Gasteiger charge is 2.26. The Morgan fingerprint density at radius 3 is 2.48 bits per heavy atom. The van der Waals surface area contributed by atoms with E-state index in [-0.39, 0.29) is 11.8 Å². The highest BCUT2D eigenvalue weighted by Crippen LogP contribution is 2.25. The first-order chi connectivity index (χ1) is 14.1. The summed E-state index contributed by atoms with van der Waals surface area (Å²) in [7, 11) is 0. The lowest BCUT2D eigenvalue weighted by Crippen LogP contribution is -2.45. The number of aromatic nitrogens is 1. The minimum Gasteiger partial charge on any atom is -0.353 e. The smallest absolute Gasteiger partial charge is 0.257 e. The van der Waals surface area contributed by atoms with E-state index in [9.17, 15) is 9.59 Å². The van der Waals surface area contributed by atoms with E-state index < -0.39 is 0 Å². The van der Waals surface area contributed by atoms with Crippen molar-refractivity contribution in [2.75, 3.05) is 49.5 Å². The normalized spacial score (nSPS) is 16.7. The third-order valence-corrected chi connectivity index (χ3v) is 5.55. The number of nitrogens with one attached hydrogen (secondary N) is 2. The summed E-state index contributed by atoms with van der Waals surface area (Å²) >= 11 is 0. The van der Waals surface area contributed by atoms with E-state index in [1.807, 2.05) is 30.0 Å². The van der Waals surface area contributed by atoms with Crippen LogP contribution in [0.5, 0.6) is 0 Å². The van der Waals surface area contributed by atoms with Gasteiger partial charge in [-0.25, -0.2) is 4.98 Å². The van der Waals surface area contributed by atoms with Gasteiger partial charge < -0.3 is 20.4 Å². The minimum absolute atomic E-state index is 0.00415. The molecule has 0 bridgehead atoms. The summed E-state index contributed by atoms with van der Waals surface area (Å²) < 4.78 is 0. The number of carbonyl (C=O) groups is 2. The van der Waals surface area contributed by atoms with Crippen molar-refractivity contribution in [3.63, 3.8) is 0 Å². The van der Waals surface area contributed by atoms with Gasteiger partial charge in [0.25, 0.3) is 11.8 Å². The van der Waals surface area contributed by atoms with Crippen LogP contribution in [0.1, 0.15) is 39.1 Å². The molecular formula is C22H27N5O2. The molecule has 2 aromatic rings. The van der Waals surface area contributed by atoms with Gasteiger partial charge in [-0.3, -0.25) is 9.59 Å². The molecular weight excluding hydrogens is 366 g/mol. The Hall–Kier alpha value is -2.93. The topological polar surface area (TPSA) is 77.6 Å². The summed E-state index contributed by atoms with van der Waals surface area (Å²) in [6, 6.07) is 9.23. The van der Waals surface area contributed by atoms with Gasteiger partial charge in [0.1, 0.15) is 5.82 Å². The van der Waals surface area contributed by atoms with E-state index in [0.717, 1.165) is 57.7 Å². The number of pyridine rings is 1. The number of rotatable bonds is 4. The number of carbonyl (C=O) groups excluding carboxylic acids is 2. The zero-order valence-corrected chi connectivity index (χ0v) is 16.8. The lowest BCUT2D eigenvalue weighted by Gasteiger charge is -2.30. The fraction of sp³-hybridized carbons (Fsp3) is 0.409. The number of aryl methyl sites for hydroxylation is 1. The molecule has 7 nitrogen and oxygen atoms in total. The van der Waals surface area contributed by atoms with Crippen LogP contribution in [0.3, 0.4) is 0 Å². The van der Waals surface area contributed by atoms with Gasteiger partial charge in [0.2, 0.25) is 0 Å². The molecule has 29 heavy (non-hydrogen) atoms. The molecule has 2 N–H and O–H groups in total. The van der Waals surface area contributed by atoms with Crippen LogP contribution in [0.4, 0.5) is 11.5 Å². The van der Waals surface area contributed by atoms with E-state index >= 15 is 0 Å². The molecule has 2 aliphatic rings. The van der Waals surface area contributed by atoms with E-state index in [2.05, 4.69) is 20.5 Å². The van der Waals surface area contributed by atoms with Gasteiger partial charge in [-0.1, -0.05) is 18.2 Å². The molecule has 0 atom stereocenters. The second-order valence-corrected chi connectivity index (χ2v) is 7.60. The van der Waals surface area contributed by atoms with Gasteiger partial charge in [-0.2, -0.15) is 0 Å². The maximum atomic E-state index is 13.2. The lowest BCUT2D eigenvalue weighted by molar-refractivity contribution is 0.0792. The Kier molecular flexibility index (Phi) is 5.76. The molecule has 2 fully saturated rings. The van der Waals surface area contributed by atoms with Gasteiger partial charge in [-0.05, 0) is 37.5 Å². The van der Waals surface area contributed by atoms with Gasteiger partial charge in [-0.15, -0.1) is 0 Å². The van der Waals surface area contributed by atoms with Crippen molar-refractivity contribution in [1.29, 1.82) is 0 Å². The van der Waals surface area contributed by atoms with E-state index in [4.69, 9.17) is 0 Å². The third kappa shape index (κ3) is 4.24. The summed E-state index contributed by atoms with van der Waals surface area (Å²) in [5.41, 5.74) is 2.63. The number of hydrogen-bond acceptors (Lipinski definition) is 5. The number of anilines is 2. The first-order valence-corrected chi connectivity index (χ1v) is 10.3. The molecule has 0 saturated carbocycles. The number of nitrogens with zero attached hydrogens (tertiary/aromatic N) is 3. The zero-order chi connectivity index (χ0) is 20.2. The summed E-state index contributed by atoms with van der Waals surface area (Å²) in [5, 5.41) is 6.24. The standard InChI is InChI=1S/C22H27N5O2/c1-16-6-2-3-7-18(16)21(28)25-17-14-19(22(29)27-10-4-5-11-27)20(24-15-17)26-12-8-23-9-13-26/h2-3,6-7,14-15,23H,4-5,8-13H2,1H3,(H,25,28). The monoisotopic (exact) mass is 393 g/mol. The highest BCUT2D eigenvalue weighted by molar-refractivity contribution is 6.06. The van der Waals surface area contributed by atoms with Crippen molar-refractivity contribution >= 4 is 23.3 Å². The van der Waals surface area contributed by atoms with Crippen LogP contribution in [0.15, 0.2) is 36.5 Å². The van der Waals surface area contributed by atoms with E-state index in [0.29, 0.717) is 22.6 Å². The van der Waals surface area contributed by atoms with Crippen molar-refractivity contribution in [2.24, 2.45) is 0 Å². The fourth-order valence-corrected chi connectivity index (χ4v) is 3.93. The van der Waals surface area contributed by atoms with Crippen LogP contribution in [-0.4, -0.2) is 61.0 Å². The molecule has 0 radical (unpaired) electrons. The van der Waals surface area contributed by atoms with Crippen molar-refractivity contribution in [1.82, 2.24) is 15.2 Å². The first kappa shape index (κ1) is 19.4. The minimum atomic E-state index is -0.195. The number of likely N-dealkylation sites (tertiary alicyclic amines) is 1. The second-order valence-electron chi connectivity index (χ2n) is 7.60. The lowest BCUT2D eigenvalue weighted by atomic mass is 10.1. The SMILES string of the molecule is Cc1ccccc1C(=O)Nc1cnc(N2CCNCC2)c(C(=O)N2CCCC2)c1. The van der Waals surface area contributed by atoms with Gasteiger partial charge in [0.05, 0.1) is 17.4 Å². The molecule has 2 aliphatic heterocycles. The summed E-state index contributed by atoms with van der Waals surface area (Å²) in [5.74, 6) is 0.507. The van der Waals surface area contributed by atoms with Crippen molar-refractivity contribution in [3.8, 4) is 0 Å². The third-order valence-electron chi connectivity index (χ3n) is 5.55. The Morgan fingerprint density at radius 2 is 1.76 bits per heavy atom. The summed E-state index contributed by atoms with van der Waals surface area (Å²) in [4.78, 5) is 34.5. The van der Waals surface area contributed by atoms with Crippen LogP contribution >= 0.6 is 0 Å². The predicted octanol–water partition coefficient (Wildman–Crippen LogP) is 2.29. The van der Waals surface area contributed by atoms with Crippen molar-refractivity contribution in [3.05, 3.63) is 53.2 Å².